The van der Waals surface area contributed by atoms with Crippen LogP contribution < -0.4 is 11.1 Å². The predicted molar refractivity (Wildman–Crippen MR) is 76.3 cm³/mol. The third kappa shape index (κ3) is 2.57. The van der Waals surface area contributed by atoms with Crippen molar-refractivity contribution in [3.63, 3.8) is 0 Å². The number of hydrogen-bond donors (Lipinski definition) is 2. The summed E-state index contributed by atoms with van der Waals surface area (Å²) in [6.45, 7) is 3.24. The molecule has 1 heterocycles. The summed E-state index contributed by atoms with van der Waals surface area (Å²) < 4.78 is 1.26. The van der Waals surface area contributed by atoms with Crippen molar-refractivity contribution in [2.24, 2.45) is 5.73 Å². The number of halogens is 1. The van der Waals surface area contributed by atoms with Crippen LogP contribution in [0.1, 0.15) is 31.7 Å². The molecule has 2 rings (SSSR count). The molecular weight excluding hydrogens is 311 g/mol. The maximum Gasteiger partial charge on any atom is 0.0536 e. The molecule has 1 fully saturated rings. The average molecular weight is 330 g/mol. The molecule has 1 aliphatic rings. The molecule has 88 valence electrons. The zero-order valence-electron chi connectivity index (χ0n) is 9.67. The number of hydrogen-bond acceptors (Lipinski definition) is 2. The summed E-state index contributed by atoms with van der Waals surface area (Å²) in [6, 6.07) is 8.96. The third-order valence-corrected chi connectivity index (χ3v) is 4.22. The molecule has 0 radical (unpaired) electrons. The van der Waals surface area contributed by atoms with E-state index in [4.69, 9.17) is 5.73 Å². The second-order valence-corrected chi connectivity index (χ2v) is 6.04. The molecule has 2 atom stereocenters. The van der Waals surface area contributed by atoms with Gasteiger partial charge in [-0.15, -0.1) is 0 Å². The molecule has 16 heavy (non-hydrogen) atoms. The summed E-state index contributed by atoms with van der Waals surface area (Å²) >= 11 is 2.32. The van der Waals surface area contributed by atoms with Crippen LogP contribution in [-0.4, -0.2) is 12.6 Å². The van der Waals surface area contributed by atoms with Crippen LogP contribution in [0, 0.1) is 3.57 Å². The number of nitrogens with one attached hydrogen (secondary N) is 1. The van der Waals surface area contributed by atoms with Crippen LogP contribution in [0.3, 0.4) is 0 Å². The maximum absolute atomic E-state index is 6.50. The zero-order valence-corrected chi connectivity index (χ0v) is 11.8. The van der Waals surface area contributed by atoms with E-state index in [-0.39, 0.29) is 5.54 Å². The molecule has 0 spiro atoms. The van der Waals surface area contributed by atoms with Gasteiger partial charge in [0.15, 0.2) is 0 Å². The highest BCUT2D eigenvalue weighted by atomic mass is 127. The Morgan fingerprint density at radius 1 is 1.31 bits per heavy atom. The minimum absolute atomic E-state index is 0.259. The molecule has 3 heteroatoms. The first-order chi connectivity index (χ1) is 7.60. The Bertz CT molecular complexity index is 339. The highest BCUT2D eigenvalue weighted by Crippen LogP contribution is 2.27. The Kier molecular flexibility index (Phi) is 3.87. The van der Waals surface area contributed by atoms with Crippen molar-refractivity contribution in [3.05, 3.63) is 33.4 Å². The lowest BCUT2D eigenvalue weighted by molar-refractivity contribution is 0.271. The van der Waals surface area contributed by atoms with E-state index in [2.05, 4.69) is 59.1 Å². The minimum Gasteiger partial charge on any atom is -0.320 e. The minimum atomic E-state index is -0.259. The van der Waals surface area contributed by atoms with Crippen molar-refractivity contribution in [1.29, 1.82) is 0 Å². The molecule has 0 amide bonds. The van der Waals surface area contributed by atoms with E-state index in [1.807, 2.05) is 0 Å². The van der Waals surface area contributed by atoms with Crippen LogP contribution in [0.4, 0.5) is 0 Å². The first-order valence-corrected chi connectivity index (χ1v) is 6.97. The Morgan fingerprint density at radius 3 is 2.56 bits per heavy atom. The van der Waals surface area contributed by atoms with Crippen molar-refractivity contribution in [1.82, 2.24) is 5.32 Å². The topological polar surface area (TPSA) is 38.0 Å². The van der Waals surface area contributed by atoms with E-state index >= 15 is 0 Å². The Labute approximate surface area is 111 Å². The van der Waals surface area contributed by atoms with Crippen molar-refractivity contribution in [3.8, 4) is 0 Å². The van der Waals surface area contributed by atoms with E-state index in [0.29, 0.717) is 6.04 Å². The van der Waals surface area contributed by atoms with Crippen LogP contribution in [0.25, 0.3) is 0 Å². The van der Waals surface area contributed by atoms with Gasteiger partial charge in [-0.25, -0.2) is 0 Å². The van der Waals surface area contributed by atoms with Gasteiger partial charge >= 0.3 is 0 Å². The molecule has 0 aromatic heterocycles. The van der Waals surface area contributed by atoms with Crippen LogP contribution in [0.5, 0.6) is 0 Å². The normalized spacial score (nSPS) is 25.1. The lowest BCUT2D eigenvalue weighted by atomic mass is 9.81. The van der Waals surface area contributed by atoms with E-state index in [0.717, 1.165) is 6.54 Å². The average Bonchev–Trinajstić information content (AvgIpc) is 2.31. The second-order valence-electron chi connectivity index (χ2n) is 4.79. The standard InChI is InChI=1S/C13H19IN2/c1-13(15,12-4-2-3-9-16-12)10-5-7-11(14)8-6-10/h5-8,12,16H,2-4,9,15H2,1H3. The summed E-state index contributed by atoms with van der Waals surface area (Å²) in [6.07, 6.45) is 3.74. The number of piperidine rings is 1. The fourth-order valence-electron chi connectivity index (χ4n) is 2.37. The predicted octanol–water partition coefficient (Wildman–Crippen LogP) is 2.61. The van der Waals surface area contributed by atoms with Gasteiger partial charge in [-0.05, 0) is 66.6 Å². The van der Waals surface area contributed by atoms with E-state index < -0.39 is 0 Å². The van der Waals surface area contributed by atoms with Crippen LogP contribution in [-0.2, 0) is 5.54 Å². The SMILES string of the molecule is CC(N)(c1ccc(I)cc1)C1CCCCN1. The Balaban J connectivity index is 2.19. The van der Waals surface area contributed by atoms with Gasteiger partial charge in [0.2, 0.25) is 0 Å². The summed E-state index contributed by atoms with van der Waals surface area (Å²) in [5, 5.41) is 3.55. The van der Waals surface area contributed by atoms with Crippen LogP contribution in [0.2, 0.25) is 0 Å². The number of rotatable bonds is 2. The van der Waals surface area contributed by atoms with Crippen LogP contribution >= 0.6 is 22.6 Å². The first-order valence-electron chi connectivity index (χ1n) is 5.89. The van der Waals surface area contributed by atoms with Crippen molar-refractivity contribution in [2.75, 3.05) is 6.54 Å². The molecule has 1 saturated heterocycles. The smallest absolute Gasteiger partial charge is 0.0536 e. The van der Waals surface area contributed by atoms with Gasteiger partial charge in [-0.2, -0.15) is 0 Å². The molecule has 2 nitrogen and oxygen atoms in total. The molecular formula is C13H19IN2. The lowest BCUT2D eigenvalue weighted by Crippen LogP contribution is -2.54. The molecule has 0 bridgehead atoms. The van der Waals surface area contributed by atoms with E-state index in [1.54, 1.807) is 0 Å². The Morgan fingerprint density at radius 2 is 2.00 bits per heavy atom. The molecule has 1 aromatic rings. The van der Waals surface area contributed by atoms with Gasteiger partial charge in [0.25, 0.3) is 0 Å². The molecule has 3 N–H and O–H groups in total. The Hall–Kier alpha value is -0.130. The lowest BCUT2D eigenvalue weighted by Gasteiger charge is -2.38. The zero-order chi connectivity index (χ0) is 11.6. The maximum atomic E-state index is 6.50. The summed E-state index contributed by atoms with van der Waals surface area (Å²) in [7, 11) is 0. The molecule has 2 unspecified atom stereocenters. The molecule has 1 aromatic carbocycles. The summed E-state index contributed by atoms with van der Waals surface area (Å²) in [5.74, 6) is 0. The summed E-state index contributed by atoms with van der Waals surface area (Å²) in [5.41, 5.74) is 7.47. The van der Waals surface area contributed by atoms with Crippen LogP contribution in [0.15, 0.2) is 24.3 Å². The third-order valence-electron chi connectivity index (χ3n) is 3.50. The first kappa shape index (κ1) is 12.3. The quantitative estimate of drug-likeness (QED) is 0.818. The molecule has 1 aliphatic heterocycles. The second kappa shape index (κ2) is 5.02. The van der Waals surface area contributed by atoms with Crippen molar-refractivity contribution in [2.45, 2.75) is 37.8 Å². The van der Waals surface area contributed by atoms with Crippen molar-refractivity contribution >= 4 is 22.6 Å². The molecule has 0 saturated carbocycles. The van der Waals surface area contributed by atoms with E-state index in [1.165, 1.54) is 28.4 Å². The van der Waals surface area contributed by atoms with Gasteiger partial charge < -0.3 is 11.1 Å². The van der Waals surface area contributed by atoms with E-state index in [9.17, 15) is 0 Å². The summed E-state index contributed by atoms with van der Waals surface area (Å²) in [4.78, 5) is 0. The highest BCUT2D eigenvalue weighted by molar-refractivity contribution is 14.1. The monoisotopic (exact) mass is 330 g/mol. The number of nitrogens with two attached hydrogens (primary N) is 1. The fourth-order valence-corrected chi connectivity index (χ4v) is 2.73. The van der Waals surface area contributed by atoms with Gasteiger partial charge in [0, 0.05) is 9.61 Å². The van der Waals surface area contributed by atoms with Gasteiger partial charge in [0.05, 0.1) is 5.54 Å². The van der Waals surface area contributed by atoms with Gasteiger partial charge in [0.1, 0.15) is 0 Å². The molecule has 0 aliphatic carbocycles. The van der Waals surface area contributed by atoms with Gasteiger partial charge in [-0.1, -0.05) is 18.6 Å². The number of benzene rings is 1. The van der Waals surface area contributed by atoms with Crippen molar-refractivity contribution < 1.29 is 0 Å². The fraction of sp³-hybridized carbons (Fsp3) is 0.538. The highest BCUT2D eigenvalue weighted by Gasteiger charge is 2.32. The largest absolute Gasteiger partial charge is 0.320 e. The van der Waals surface area contributed by atoms with Gasteiger partial charge in [-0.3, -0.25) is 0 Å².